The largest absolute Gasteiger partial charge is 0.508 e. The Morgan fingerprint density at radius 2 is 1.75 bits per heavy atom. The molecule has 59 valence electrons. The number of benzene rings is 2. The highest BCUT2D eigenvalue weighted by atomic mass is 16.3. The van der Waals surface area contributed by atoms with E-state index in [9.17, 15) is 5.11 Å². The first kappa shape index (κ1) is 7.17. The maximum atomic E-state index is 9.35. The number of aromatic hydroxyl groups is 1. The molecular formula is C11H9O. The van der Waals surface area contributed by atoms with E-state index in [1.165, 1.54) is 0 Å². The van der Waals surface area contributed by atoms with E-state index in [1.54, 1.807) is 6.07 Å². The first-order valence-corrected chi connectivity index (χ1v) is 3.82. The van der Waals surface area contributed by atoms with Gasteiger partial charge in [-0.2, -0.15) is 0 Å². The van der Waals surface area contributed by atoms with Gasteiger partial charge in [0.15, 0.2) is 0 Å². The van der Waals surface area contributed by atoms with E-state index >= 15 is 0 Å². The van der Waals surface area contributed by atoms with Gasteiger partial charge in [0, 0.05) is 5.56 Å². The van der Waals surface area contributed by atoms with E-state index in [4.69, 9.17) is 0 Å². The van der Waals surface area contributed by atoms with Gasteiger partial charge in [-0.1, -0.05) is 30.3 Å². The fourth-order valence-electron chi connectivity index (χ4n) is 1.32. The molecule has 0 aliphatic heterocycles. The summed E-state index contributed by atoms with van der Waals surface area (Å²) in [7, 11) is 0. The number of rotatable bonds is 0. The lowest BCUT2D eigenvalue weighted by molar-refractivity contribution is 0.474. The molecule has 2 rings (SSSR count). The molecule has 0 aromatic heterocycles. The van der Waals surface area contributed by atoms with E-state index in [-0.39, 0.29) is 5.75 Å². The zero-order valence-electron chi connectivity index (χ0n) is 6.62. The van der Waals surface area contributed by atoms with E-state index in [1.807, 2.05) is 30.3 Å². The predicted molar refractivity (Wildman–Crippen MR) is 50.1 cm³/mol. The minimum atomic E-state index is 0.258. The summed E-state index contributed by atoms with van der Waals surface area (Å²) in [6, 6.07) is 11.4. The normalized spacial score (nSPS) is 10.4. The average Bonchev–Trinajstić information content (AvgIpc) is 2.12. The third-order valence-electron chi connectivity index (χ3n) is 2.02. The summed E-state index contributed by atoms with van der Waals surface area (Å²) >= 11 is 0. The van der Waals surface area contributed by atoms with Crippen molar-refractivity contribution < 1.29 is 5.11 Å². The first-order valence-electron chi connectivity index (χ1n) is 3.82. The standard InChI is InChI=1S/C11H9O/c1-8-10-5-3-2-4-9(10)6-7-11(8)12/h2-7,12H,1H2. The molecule has 1 N–H and O–H groups in total. The number of fused-ring (bicyclic) bond motifs is 1. The smallest absolute Gasteiger partial charge is 0.119 e. The van der Waals surface area contributed by atoms with Crippen LogP contribution in [0.2, 0.25) is 0 Å². The summed E-state index contributed by atoms with van der Waals surface area (Å²) in [6.07, 6.45) is 0. The summed E-state index contributed by atoms with van der Waals surface area (Å²) in [5.41, 5.74) is 0.702. The summed E-state index contributed by atoms with van der Waals surface area (Å²) in [4.78, 5) is 0. The molecule has 0 atom stereocenters. The van der Waals surface area contributed by atoms with Crippen LogP contribution in [0.3, 0.4) is 0 Å². The minimum absolute atomic E-state index is 0.258. The van der Waals surface area contributed by atoms with Crippen LogP contribution in [0.15, 0.2) is 36.4 Å². The molecule has 0 aliphatic rings. The van der Waals surface area contributed by atoms with Crippen molar-refractivity contribution in [3.05, 3.63) is 48.9 Å². The van der Waals surface area contributed by atoms with Gasteiger partial charge in [-0.15, -0.1) is 0 Å². The summed E-state index contributed by atoms with van der Waals surface area (Å²) in [5.74, 6) is 0.258. The molecule has 1 heteroatoms. The first-order chi connectivity index (χ1) is 5.79. The van der Waals surface area contributed by atoms with Gasteiger partial charge in [0.1, 0.15) is 5.75 Å². The van der Waals surface area contributed by atoms with E-state index in [2.05, 4.69) is 6.92 Å². The highest BCUT2D eigenvalue weighted by Gasteiger charge is 1.99. The Morgan fingerprint density at radius 3 is 2.58 bits per heavy atom. The Kier molecular flexibility index (Phi) is 1.51. The number of phenols is 1. The van der Waals surface area contributed by atoms with Crippen LogP contribution in [0.1, 0.15) is 5.56 Å². The second-order valence-corrected chi connectivity index (χ2v) is 2.78. The fourth-order valence-corrected chi connectivity index (χ4v) is 1.32. The summed E-state index contributed by atoms with van der Waals surface area (Å²) < 4.78 is 0. The van der Waals surface area contributed by atoms with Crippen molar-refractivity contribution in [3.8, 4) is 5.75 Å². The Morgan fingerprint density at radius 1 is 1.00 bits per heavy atom. The average molecular weight is 157 g/mol. The van der Waals surface area contributed by atoms with Crippen LogP contribution in [0.5, 0.6) is 5.75 Å². The van der Waals surface area contributed by atoms with Gasteiger partial charge in [0.2, 0.25) is 0 Å². The van der Waals surface area contributed by atoms with Gasteiger partial charge in [-0.3, -0.25) is 0 Å². The van der Waals surface area contributed by atoms with Crippen molar-refractivity contribution >= 4 is 10.8 Å². The number of phenolic OH excluding ortho intramolecular Hbond substituents is 1. The van der Waals surface area contributed by atoms with Crippen LogP contribution in [0.4, 0.5) is 0 Å². The molecule has 0 saturated heterocycles. The maximum Gasteiger partial charge on any atom is 0.119 e. The third-order valence-corrected chi connectivity index (χ3v) is 2.02. The lowest BCUT2D eigenvalue weighted by Gasteiger charge is -2.02. The predicted octanol–water partition coefficient (Wildman–Crippen LogP) is 2.73. The zero-order chi connectivity index (χ0) is 8.55. The SMILES string of the molecule is [CH2]c1c(O)ccc2ccccc12. The van der Waals surface area contributed by atoms with Crippen LogP contribution in [0.25, 0.3) is 10.8 Å². The monoisotopic (exact) mass is 157 g/mol. The van der Waals surface area contributed by atoms with Gasteiger partial charge in [0.05, 0.1) is 0 Å². The van der Waals surface area contributed by atoms with Crippen LogP contribution in [-0.4, -0.2) is 5.11 Å². The Balaban J connectivity index is 2.91. The molecule has 1 nitrogen and oxygen atoms in total. The highest BCUT2D eigenvalue weighted by molar-refractivity contribution is 5.88. The molecule has 0 amide bonds. The fraction of sp³-hybridized carbons (Fsp3) is 0. The summed E-state index contributed by atoms with van der Waals surface area (Å²) in [6.45, 7) is 3.80. The lowest BCUT2D eigenvalue weighted by Crippen LogP contribution is -1.78. The quantitative estimate of drug-likeness (QED) is 0.623. The van der Waals surface area contributed by atoms with Crippen molar-refractivity contribution in [1.82, 2.24) is 0 Å². The summed E-state index contributed by atoms with van der Waals surface area (Å²) in [5, 5.41) is 11.5. The Bertz CT molecular complexity index is 418. The molecule has 0 heterocycles. The molecule has 1 radical (unpaired) electrons. The molecular weight excluding hydrogens is 148 g/mol. The lowest BCUT2D eigenvalue weighted by atomic mass is 10.1. The molecule has 0 fully saturated rings. The second-order valence-electron chi connectivity index (χ2n) is 2.78. The van der Waals surface area contributed by atoms with Crippen LogP contribution < -0.4 is 0 Å². The van der Waals surface area contributed by atoms with Crippen molar-refractivity contribution in [2.75, 3.05) is 0 Å². The number of hydrogen-bond acceptors (Lipinski definition) is 1. The zero-order valence-corrected chi connectivity index (χ0v) is 6.62. The molecule has 0 bridgehead atoms. The van der Waals surface area contributed by atoms with Crippen LogP contribution in [-0.2, 0) is 0 Å². The third kappa shape index (κ3) is 0.944. The van der Waals surface area contributed by atoms with E-state index < -0.39 is 0 Å². The Labute approximate surface area is 71.3 Å². The molecule has 12 heavy (non-hydrogen) atoms. The molecule has 0 aliphatic carbocycles. The number of hydrogen-bond donors (Lipinski definition) is 1. The van der Waals surface area contributed by atoms with E-state index in [0.717, 1.165) is 10.8 Å². The maximum absolute atomic E-state index is 9.35. The van der Waals surface area contributed by atoms with Gasteiger partial charge >= 0.3 is 0 Å². The van der Waals surface area contributed by atoms with Gasteiger partial charge in [0.25, 0.3) is 0 Å². The Hall–Kier alpha value is -1.50. The van der Waals surface area contributed by atoms with Crippen molar-refractivity contribution in [2.45, 2.75) is 0 Å². The molecule has 0 unspecified atom stereocenters. The van der Waals surface area contributed by atoms with Crippen molar-refractivity contribution in [3.63, 3.8) is 0 Å². The van der Waals surface area contributed by atoms with Gasteiger partial charge in [-0.25, -0.2) is 0 Å². The van der Waals surface area contributed by atoms with Crippen LogP contribution >= 0.6 is 0 Å². The van der Waals surface area contributed by atoms with Crippen molar-refractivity contribution in [1.29, 1.82) is 0 Å². The second kappa shape index (κ2) is 2.52. The molecule has 2 aromatic rings. The topological polar surface area (TPSA) is 20.2 Å². The van der Waals surface area contributed by atoms with Crippen molar-refractivity contribution in [2.24, 2.45) is 0 Å². The van der Waals surface area contributed by atoms with Gasteiger partial charge < -0.3 is 5.11 Å². The molecule has 0 saturated carbocycles. The van der Waals surface area contributed by atoms with Crippen LogP contribution in [0, 0.1) is 6.92 Å². The molecule has 2 aromatic carbocycles. The molecule has 0 spiro atoms. The van der Waals surface area contributed by atoms with E-state index in [0.29, 0.717) is 5.56 Å². The minimum Gasteiger partial charge on any atom is -0.508 e. The van der Waals surface area contributed by atoms with Gasteiger partial charge in [-0.05, 0) is 23.8 Å². The highest BCUT2D eigenvalue weighted by Crippen LogP contribution is 2.25.